The largest absolute Gasteiger partial charge is 0.493 e. The van der Waals surface area contributed by atoms with Crippen LogP contribution in [-0.2, 0) is 0 Å². The summed E-state index contributed by atoms with van der Waals surface area (Å²) < 4.78 is 20.2. The molecule has 0 radical (unpaired) electrons. The van der Waals surface area contributed by atoms with Crippen molar-refractivity contribution < 1.29 is 9.13 Å². The SMILES string of the molecule is Fc1ccc(Br)cc1NC1CCOc2ccccc21. The van der Waals surface area contributed by atoms with Gasteiger partial charge in [0, 0.05) is 16.5 Å². The Morgan fingerprint density at radius 2 is 2.05 bits per heavy atom. The van der Waals surface area contributed by atoms with Gasteiger partial charge in [-0.05, 0) is 24.3 Å². The average Bonchev–Trinajstić information content (AvgIpc) is 2.43. The van der Waals surface area contributed by atoms with Gasteiger partial charge in [0.15, 0.2) is 0 Å². The van der Waals surface area contributed by atoms with Gasteiger partial charge < -0.3 is 10.1 Å². The van der Waals surface area contributed by atoms with Crippen molar-refractivity contribution in [3.05, 3.63) is 58.3 Å². The van der Waals surface area contributed by atoms with Crippen molar-refractivity contribution in [1.82, 2.24) is 0 Å². The highest BCUT2D eigenvalue weighted by Crippen LogP contribution is 2.35. The van der Waals surface area contributed by atoms with E-state index in [1.165, 1.54) is 6.07 Å². The minimum Gasteiger partial charge on any atom is -0.493 e. The Bertz CT molecular complexity index is 602. The molecule has 98 valence electrons. The molecular formula is C15H13BrFNO. The predicted octanol–water partition coefficient (Wildman–Crippen LogP) is 4.52. The molecule has 4 heteroatoms. The molecule has 2 nitrogen and oxygen atoms in total. The molecule has 1 heterocycles. The molecule has 0 amide bonds. The van der Waals surface area contributed by atoms with Gasteiger partial charge in [-0.15, -0.1) is 0 Å². The van der Waals surface area contributed by atoms with Crippen LogP contribution in [0, 0.1) is 5.82 Å². The summed E-state index contributed by atoms with van der Waals surface area (Å²) in [4.78, 5) is 0. The number of anilines is 1. The van der Waals surface area contributed by atoms with E-state index in [0.717, 1.165) is 22.2 Å². The fourth-order valence-corrected chi connectivity index (χ4v) is 2.65. The molecule has 0 aromatic heterocycles. The van der Waals surface area contributed by atoms with Crippen LogP contribution < -0.4 is 10.1 Å². The molecule has 1 N–H and O–H groups in total. The van der Waals surface area contributed by atoms with Crippen molar-refractivity contribution in [2.45, 2.75) is 12.5 Å². The lowest BCUT2D eigenvalue weighted by molar-refractivity contribution is 0.274. The third-order valence-electron chi connectivity index (χ3n) is 3.22. The summed E-state index contributed by atoms with van der Waals surface area (Å²) in [5, 5.41) is 3.26. The maximum atomic E-state index is 13.8. The first kappa shape index (κ1) is 12.5. The third-order valence-corrected chi connectivity index (χ3v) is 3.71. The predicted molar refractivity (Wildman–Crippen MR) is 77.0 cm³/mol. The van der Waals surface area contributed by atoms with Crippen molar-refractivity contribution in [1.29, 1.82) is 0 Å². The molecule has 1 aliphatic rings. The van der Waals surface area contributed by atoms with Crippen molar-refractivity contribution in [3.8, 4) is 5.75 Å². The van der Waals surface area contributed by atoms with Crippen LogP contribution in [0.25, 0.3) is 0 Å². The number of rotatable bonds is 2. The number of hydrogen-bond donors (Lipinski definition) is 1. The second-order valence-corrected chi connectivity index (χ2v) is 5.41. The standard InChI is InChI=1S/C15H13BrFNO/c16-10-5-6-12(17)14(9-10)18-13-7-8-19-15-4-2-1-3-11(13)15/h1-6,9,13,18H,7-8H2. The van der Waals surface area contributed by atoms with E-state index in [9.17, 15) is 4.39 Å². The van der Waals surface area contributed by atoms with Crippen LogP contribution >= 0.6 is 15.9 Å². The van der Waals surface area contributed by atoms with Crippen LogP contribution in [0.4, 0.5) is 10.1 Å². The molecule has 0 fully saturated rings. The van der Waals surface area contributed by atoms with E-state index >= 15 is 0 Å². The Hall–Kier alpha value is -1.55. The highest BCUT2D eigenvalue weighted by Gasteiger charge is 2.21. The number of ether oxygens (including phenoxy) is 1. The smallest absolute Gasteiger partial charge is 0.146 e. The molecule has 2 aromatic rings. The van der Waals surface area contributed by atoms with Crippen molar-refractivity contribution in [2.75, 3.05) is 11.9 Å². The molecule has 19 heavy (non-hydrogen) atoms. The minimum absolute atomic E-state index is 0.0775. The summed E-state index contributed by atoms with van der Waals surface area (Å²) in [7, 11) is 0. The Labute approximate surface area is 119 Å². The molecule has 1 unspecified atom stereocenters. The van der Waals surface area contributed by atoms with Gasteiger partial charge in [0.2, 0.25) is 0 Å². The fraction of sp³-hybridized carbons (Fsp3) is 0.200. The first-order valence-corrected chi connectivity index (χ1v) is 6.96. The lowest BCUT2D eigenvalue weighted by atomic mass is 10.0. The van der Waals surface area contributed by atoms with Gasteiger partial charge in [-0.3, -0.25) is 0 Å². The Morgan fingerprint density at radius 3 is 2.95 bits per heavy atom. The first-order valence-electron chi connectivity index (χ1n) is 6.17. The minimum atomic E-state index is -0.243. The van der Waals surface area contributed by atoms with Crippen LogP contribution in [0.2, 0.25) is 0 Å². The summed E-state index contributed by atoms with van der Waals surface area (Å²) in [6.07, 6.45) is 0.822. The van der Waals surface area contributed by atoms with Gasteiger partial charge in [0.05, 0.1) is 18.3 Å². The number of hydrogen-bond acceptors (Lipinski definition) is 2. The fourth-order valence-electron chi connectivity index (χ4n) is 2.29. The number of benzene rings is 2. The Balaban J connectivity index is 1.90. The zero-order valence-corrected chi connectivity index (χ0v) is 11.8. The Morgan fingerprint density at radius 1 is 1.21 bits per heavy atom. The highest BCUT2D eigenvalue weighted by atomic mass is 79.9. The maximum absolute atomic E-state index is 13.8. The average molecular weight is 322 g/mol. The molecule has 1 atom stereocenters. The molecule has 0 aliphatic carbocycles. The second kappa shape index (κ2) is 5.21. The highest BCUT2D eigenvalue weighted by molar-refractivity contribution is 9.10. The topological polar surface area (TPSA) is 21.3 Å². The molecule has 3 rings (SSSR count). The normalized spacial score (nSPS) is 17.5. The van der Waals surface area contributed by atoms with Crippen molar-refractivity contribution in [3.63, 3.8) is 0 Å². The first-order chi connectivity index (χ1) is 9.24. The van der Waals surface area contributed by atoms with E-state index in [-0.39, 0.29) is 11.9 Å². The zero-order chi connectivity index (χ0) is 13.2. The van der Waals surface area contributed by atoms with Crippen LogP contribution in [0.15, 0.2) is 46.9 Å². The summed E-state index contributed by atoms with van der Waals surface area (Å²) in [6.45, 7) is 0.643. The lowest BCUT2D eigenvalue weighted by Gasteiger charge is -2.27. The molecule has 1 aliphatic heterocycles. The van der Waals surface area contributed by atoms with Crippen molar-refractivity contribution in [2.24, 2.45) is 0 Å². The van der Waals surface area contributed by atoms with Crippen molar-refractivity contribution >= 4 is 21.6 Å². The Kier molecular flexibility index (Phi) is 3.42. The molecular weight excluding hydrogens is 309 g/mol. The molecule has 0 saturated carbocycles. The van der Waals surface area contributed by atoms with Crippen LogP contribution in [0.3, 0.4) is 0 Å². The van der Waals surface area contributed by atoms with Gasteiger partial charge >= 0.3 is 0 Å². The van der Waals surface area contributed by atoms with E-state index in [4.69, 9.17) is 4.74 Å². The number of para-hydroxylation sites is 1. The summed E-state index contributed by atoms with van der Waals surface area (Å²) in [5.41, 5.74) is 1.59. The van der Waals surface area contributed by atoms with Crippen LogP contribution in [0.1, 0.15) is 18.0 Å². The van der Waals surface area contributed by atoms with Gasteiger partial charge in [0.1, 0.15) is 11.6 Å². The van der Waals surface area contributed by atoms with Crippen LogP contribution in [-0.4, -0.2) is 6.61 Å². The monoisotopic (exact) mass is 321 g/mol. The number of halogens is 2. The molecule has 0 spiro atoms. The third kappa shape index (κ3) is 2.59. The molecule has 0 saturated heterocycles. The zero-order valence-electron chi connectivity index (χ0n) is 10.2. The van der Waals surface area contributed by atoms with E-state index in [1.54, 1.807) is 12.1 Å². The molecule has 2 aromatic carbocycles. The summed E-state index contributed by atoms with van der Waals surface area (Å²) >= 11 is 3.36. The van der Waals surface area contributed by atoms with Gasteiger partial charge in [0.25, 0.3) is 0 Å². The van der Waals surface area contributed by atoms with E-state index in [0.29, 0.717) is 12.3 Å². The van der Waals surface area contributed by atoms with E-state index in [1.807, 2.05) is 24.3 Å². The van der Waals surface area contributed by atoms with Gasteiger partial charge in [-0.2, -0.15) is 0 Å². The van der Waals surface area contributed by atoms with Gasteiger partial charge in [-0.1, -0.05) is 34.1 Å². The second-order valence-electron chi connectivity index (χ2n) is 4.50. The van der Waals surface area contributed by atoms with E-state index < -0.39 is 0 Å². The molecule has 0 bridgehead atoms. The number of fused-ring (bicyclic) bond motifs is 1. The van der Waals surface area contributed by atoms with Crippen LogP contribution in [0.5, 0.6) is 5.75 Å². The maximum Gasteiger partial charge on any atom is 0.146 e. The van der Waals surface area contributed by atoms with Gasteiger partial charge in [-0.25, -0.2) is 4.39 Å². The lowest BCUT2D eigenvalue weighted by Crippen LogP contribution is -2.20. The van der Waals surface area contributed by atoms with E-state index in [2.05, 4.69) is 21.2 Å². The summed E-state index contributed by atoms with van der Waals surface area (Å²) in [6, 6.07) is 12.9. The summed E-state index contributed by atoms with van der Waals surface area (Å²) in [5.74, 6) is 0.633. The number of nitrogens with one attached hydrogen (secondary N) is 1. The quantitative estimate of drug-likeness (QED) is 0.877.